The number of sulfonamides is 1. The maximum absolute atomic E-state index is 12.3. The molecule has 1 aromatic carbocycles. The monoisotopic (exact) mass is 308 g/mol. The van der Waals surface area contributed by atoms with Gasteiger partial charge in [-0.2, -0.15) is 4.31 Å². The van der Waals surface area contributed by atoms with Gasteiger partial charge in [0.15, 0.2) is 0 Å². The fraction of sp³-hybridized carbons (Fsp3) is 0.400. The zero-order valence-electron chi connectivity index (χ0n) is 9.50. The van der Waals surface area contributed by atoms with Crippen molar-refractivity contribution in [2.75, 3.05) is 30.3 Å². The van der Waals surface area contributed by atoms with Gasteiger partial charge in [0.2, 0.25) is 10.0 Å². The van der Waals surface area contributed by atoms with Crippen molar-refractivity contribution in [3.63, 3.8) is 0 Å². The lowest BCUT2D eigenvalue weighted by molar-refractivity contribution is 0.439. The van der Waals surface area contributed by atoms with Gasteiger partial charge in [0.25, 0.3) is 0 Å². The molecule has 8 heteroatoms. The van der Waals surface area contributed by atoms with Gasteiger partial charge in [0.05, 0.1) is 15.6 Å². The van der Waals surface area contributed by atoms with Crippen molar-refractivity contribution in [3.05, 3.63) is 23.2 Å². The number of nitrogen functional groups attached to an aromatic ring is 1. The van der Waals surface area contributed by atoms with Crippen LogP contribution in [0.3, 0.4) is 0 Å². The third-order valence-corrected chi connectivity index (χ3v) is 6.26. The van der Waals surface area contributed by atoms with E-state index in [0.717, 1.165) is 0 Å². The van der Waals surface area contributed by atoms with Crippen LogP contribution in [0.25, 0.3) is 0 Å². The van der Waals surface area contributed by atoms with Crippen LogP contribution in [0, 0.1) is 0 Å². The lowest BCUT2D eigenvalue weighted by Crippen LogP contribution is -2.41. The van der Waals surface area contributed by atoms with Gasteiger partial charge in [-0.25, -0.2) is 8.42 Å². The Morgan fingerprint density at radius 2 is 1.89 bits per heavy atom. The summed E-state index contributed by atoms with van der Waals surface area (Å²) in [7, 11) is -4.48. The summed E-state index contributed by atoms with van der Waals surface area (Å²) in [6, 6.07) is 4.24. The lowest BCUT2D eigenvalue weighted by atomic mass is 10.3. The fourth-order valence-corrected chi connectivity index (χ4v) is 4.57. The summed E-state index contributed by atoms with van der Waals surface area (Å²) in [4.78, 5) is 0.122. The Morgan fingerprint density at radius 3 is 2.44 bits per heavy atom. The summed E-state index contributed by atoms with van der Waals surface area (Å²) in [5, 5.41) is 0.327. The maximum atomic E-state index is 12.3. The second kappa shape index (κ2) is 5.16. The molecule has 0 saturated carbocycles. The topological polar surface area (TPSA) is 80.5 Å². The molecule has 2 N–H and O–H groups in total. The molecule has 1 aromatic rings. The SMILES string of the molecule is Nc1cc(S(=O)(=O)N2CCS(=O)CC2)ccc1Cl. The summed E-state index contributed by atoms with van der Waals surface area (Å²) in [6.07, 6.45) is 0. The normalized spacial score (nSPS) is 18.9. The van der Waals surface area contributed by atoms with Crippen molar-refractivity contribution >= 4 is 38.1 Å². The standard InChI is InChI=1S/C10H13ClN2O3S2/c11-9-2-1-8(7-10(9)12)18(15,16)13-3-5-17(14)6-4-13/h1-2,7H,3-6,12H2. The number of nitrogens with zero attached hydrogens (tertiary/aromatic N) is 1. The molecule has 1 saturated heterocycles. The number of rotatable bonds is 2. The molecule has 0 aromatic heterocycles. The molecule has 0 unspecified atom stereocenters. The van der Waals surface area contributed by atoms with Gasteiger partial charge >= 0.3 is 0 Å². The molecule has 0 radical (unpaired) electrons. The van der Waals surface area contributed by atoms with Crippen LogP contribution in [-0.2, 0) is 20.8 Å². The highest BCUT2D eigenvalue weighted by Gasteiger charge is 2.28. The molecular weight excluding hydrogens is 296 g/mol. The molecule has 0 bridgehead atoms. The van der Waals surface area contributed by atoms with Crippen LogP contribution in [0.15, 0.2) is 23.1 Å². The largest absolute Gasteiger partial charge is 0.397 e. The van der Waals surface area contributed by atoms with Crippen molar-refractivity contribution in [2.24, 2.45) is 0 Å². The number of nitrogens with two attached hydrogens (primary N) is 1. The quantitative estimate of drug-likeness (QED) is 0.815. The van der Waals surface area contributed by atoms with E-state index in [1.165, 1.54) is 22.5 Å². The number of halogens is 1. The minimum absolute atomic E-state index is 0.122. The molecule has 2 rings (SSSR count). The first kappa shape index (κ1) is 13.8. The summed E-state index contributed by atoms with van der Waals surface area (Å²) < 4.78 is 37.1. The van der Waals surface area contributed by atoms with E-state index in [0.29, 0.717) is 16.5 Å². The molecule has 0 amide bonds. The van der Waals surface area contributed by atoms with Crippen molar-refractivity contribution in [1.29, 1.82) is 0 Å². The smallest absolute Gasteiger partial charge is 0.243 e. The highest BCUT2D eigenvalue weighted by molar-refractivity contribution is 7.89. The minimum Gasteiger partial charge on any atom is -0.397 e. The van der Waals surface area contributed by atoms with E-state index in [4.69, 9.17) is 17.3 Å². The Bertz CT molecular complexity index is 579. The predicted octanol–water partition coefficient (Wildman–Crippen LogP) is 0.675. The number of hydrogen-bond donors (Lipinski definition) is 1. The Balaban J connectivity index is 2.30. The molecule has 5 nitrogen and oxygen atoms in total. The molecular formula is C10H13ClN2O3S2. The summed E-state index contributed by atoms with van der Waals surface area (Å²) in [5.74, 6) is 0.755. The van der Waals surface area contributed by atoms with Gasteiger partial charge in [-0.05, 0) is 18.2 Å². The molecule has 1 aliphatic heterocycles. The van der Waals surface area contributed by atoms with Gasteiger partial charge in [-0.15, -0.1) is 0 Å². The first-order chi connectivity index (χ1) is 8.41. The molecule has 1 fully saturated rings. The fourth-order valence-electron chi connectivity index (χ4n) is 1.69. The number of hydrogen-bond acceptors (Lipinski definition) is 4. The third-order valence-electron chi connectivity index (χ3n) is 2.74. The van der Waals surface area contributed by atoms with Crippen molar-refractivity contribution in [2.45, 2.75) is 4.90 Å². The van der Waals surface area contributed by atoms with Crippen LogP contribution in [0.4, 0.5) is 5.69 Å². The van der Waals surface area contributed by atoms with E-state index in [1.54, 1.807) is 0 Å². The summed E-state index contributed by atoms with van der Waals surface area (Å²) in [6.45, 7) is 0.551. The lowest BCUT2D eigenvalue weighted by Gasteiger charge is -2.25. The second-order valence-electron chi connectivity index (χ2n) is 3.94. The molecule has 0 aliphatic carbocycles. The zero-order valence-corrected chi connectivity index (χ0v) is 11.9. The van der Waals surface area contributed by atoms with Gasteiger partial charge in [-0.3, -0.25) is 4.21 Å². The van der Waals surface area contributed by atoms with Crippen LogP contribution in [0.5, 0.6) is 0 Å². The van der Waals surface area contributed by atoms with Gasteiger partial charge in [0, 0.05) is 35.4 Å². The van der Waals surface area contributed by atoms with E-state index in [1.807, 2.05) is 0 Å². The molecule has 0 atom stereocenters. The maximum Gasteiger partial charge on any atom is 0.243 e. The molecule has 100 valence electrons. The van der Waals surface area contributed by atoms with Gasteiger partial charge in [0.1, 0.15) is 0 Å². The minimum atomic E-state index is -3.56. The van der Waals surface area contributed by atoms with Crippen LogP contribution in [0.1, 0.15) is 0 Å². The molecule has 0 spiro atoms. The van der Waals surface area contributed by atoms with E-state index >= 15 is 0 Å². The van der Waals surface area contributed by atoms with Crippen molar-refractivity contribution < 1.29 is 12.6 Å². The molecule has 1 heterocycles. The highest BCUT2D eigenvalue weighted by atomic mass is 35.5. The predicted molar refractivity (Wildman–Crippen MR) is 72.5 cm³/mol. The Labute approximate surface area is 113 Å². The summed E-state index contributed by atoms with van der Waals surface area (Å²) >= 11 is 5.76. The van der Waals surface area contributed by atoms with E-state index in [9.17, 15) is 12.6 Å². The zero-order chi connectivity index (χ0) is 13.3. The van der Waals surface area contributed by atoms with Gasteiger partial charge in [-0.1, -0.05) is 11.6 Å². The highest BCUT2D eigenvalue weighted by Crippen LogP contribution is 2.24. The average Bonchev–Trinajstić information content (AvgIpc) is 2.33. The number of benzene rings is 1. The Kier molecular flexibility index (Phi) is 3.96. The number of anilines is 1. The first-order valence-electron chi connectivity index (χ1n) is 5.31. The Hall–Kier alpha value is -0.630. The first-order valence-corrected chi connectivity index (χ1v) is 8.62. The Morgan fingerprint density at radius 1 is 1.28 bits per heavy atom. The van der Waals surface area contributed by atoms with Crippen LogP contribution < -0.4 is 5.73 Å². The van der Waals surface area contributed by atoms with Crippen molar-refractivity contribution in [3.8, 4) is 0 Å². The summed E-state index contributed by atoms with van der Waals surface area (Å²) in [5.41, 5.74) is 5.84. The van der Waals surface area contributed by atoms with Crippen LogP contribution in [-0.4, -0.2) is 41.5 Å². The molecule has 18 heavy (non-hydrogen) atoms. The van der Waals surface area contributed by atoms with E-state index in [2.05, 4.69) is 0 Å². The van der Waals surface area contributed by atoms with Crippen molar-refractivity contribution in [1.82, 2.24) is 4.31 Å². The second-order valence-corrected chi connectivity index (χ2v) is 7.98. The average molecular weight is 309 g/mol. The van der Waals surface area contributed by atoms with Crippen LogP contribution >= 0.6 is 11.6 Å². The van der Waals surface area contributed by atoms with E-state index in [-0.39, 0.29) is 23.7 Å². The molecule has 1 aliphatic rings. The third kappa shape index (κ3) is 2.69. The van der Waals surface area contributed by atoms with E-state index < -0.39 is 20.8 Å². The van der Waals surface area contributed by atoms with Gasteiger partial charge < -0.3 is 5.73 Å². The van der Waals surface area contributed by atoms with Crippen LogP contribution in [0.2, 0.25) is 5.02 Å².